The van der Waals surface area contributed by atoms with Crippen molar-refractivity contribution >= 4 is 27.2 Å². The number of aromatic nitrogens is 5. The molecule has 10 nitrogen and oxygen atoms in total. The van der Waals surface area contributed by atoms with Crippen LogP contribution in [0.1, 0.15) is 5.82 Å². The molecule has 0 aliphatic carbocycles. The first kappa shape index (κ1) is 22.9. The summed E-state index contributed by atoms with van der Waals surface area (Å²) in [6.07, 6.45) is 4.48. The van der Waals surface area contributed by atoms with E-state index in [9.17, 15) is 8.42 Å². The molecule has 0 radical (unpaired) electrons. The minimum atomic E-state index is -3.47. The molecule has 1 aliphatic heterocycles. The Kier molecular flexibility index (Phi) is 6.18. The molecule has 0 amide bonds. The second-order valence-corrected chi connectivity index (χ2v) is 10.2. The molecule has 0 atom stereocenters. The van der Waals surface area contributed by atoms with Crippen LogP contribution in [0.5, 0.6) is 0 Å². The fraction of sp³-hybridized carbons (Fsp3) is 0.250. The number of benzene rings is 2. The van der Waals surface area contributed by atoms with Crippen LogP contribution in [-0.4, -0.2) is 65.7 Å². The third kappa shape index (κ3) is 5.15. The second kappa shape index (κ2) is 9.43. The maximum Gasteiger partial charge on any atom is 0.227 e. The first-order valence-corrected chi connectivity index (χ1v) is 13.0. The summed E-state index contributed by atoms with van der Waals surface area (Å²) < 4.78 is 32.2. The van der Waals surface area contributed by atoms with Crippen LogP contribution in [-0.2, 0) is 14.6 Å². The predicted molar refractivity (Wildman–Crippen MR) is 133 cm³/mol. The Morgan fingerprint density at radius 2 is 1.71 bits per heavy atom. The van der Waals surface area contributed by atoms with Gasteiger partial charge in [0.15, 0.2) is 9.84 Å². The number of sulfone groups is 1. The lowest BCUT2D eigenvalue weighted by Gasteiger charge is -2.29. The summed E-state index contributed by atoms with van der Waals surface area (Å²) in [5.41, 5.74) is 3.66. The Morgan fingerprint density at radius 3 is 2.40 bits per heavy atom. The molecule has 0 saturated carbocycles. The summed E-state index contributed by atoms with van der Waals surface area (Å²) in [6.45, 7) is 4.61. The third-order valence-electron chi connectivity index (χ3n) is 5.66. The van der Waals surface area contributed by atoms with Gasteiger partial charge >= 0.3 is 0 Å². The van der Waals surface area contributed by atoms with Gasteiger partial charge in [-0.2, -0.15) is 5.10 Å². The summed E-state index contributed by atoms with van der Waals surface area (Å²) >= 11 is 0. The number of nitrogens with one attached hydrogen (secondary N) is 1. The zero-order chi connectivity index (χ0) is 24.4. The number of ether oxygens (including phenoxy) is 1. The van der Waals surface area contributed by atoms with Gasteiger partial charge in [-0.15, -0.1) is 0 Å². The SMILES string of the molecule is Cc1ncn(-c2ccc(Nc3nccc(-c4cc(N5CCOCC5)ccc4S(C)(=O)=O)n3)cc2)n1. The lowest BCUT2D eigenvalue weighted by Crippen LogP contribution is -2.36. The minimum absolute atomic E-state index is 0.228. The molecule has 3 heterocycles. The van der Waals surface area contributed by atoms with Crippen molar-refractivity contribution in [3.05, 3.63) is 66.9 Å². The fourth-order valence-electron chi connectivity index (χ4n) is 3.93. The van der Waals surface area contributed by atoms with E-state index in [1.54, 1.807) is 29.3 Å². The van der Waals surface area contributed by atoms with Crippen molar-refractivity contribution in [2.24, 2.45) is 0 Å². The van der Waals surface area contributed by atoms with Gasteiger partial charge in [-0.25, -0.2) is 28.1 Å². The highest BCUT2D eigenvalue weighted by molar-refractivity contribution is 7.90. The Morgan fingerprint density at radius 1 is 0.971 bits per heavy atom. The average Bonchev–Trinajstić information content (AvgIpc) is 3.30. The van der Waals surface area contributed by atoms with E-state index in [0.717, 1.165) is 30.2 Å². The third-order valence-corrected chi connectivity index (χ3v) is 6.82. The van der Waals surface area contributed by atoms with E-state index in [2.05, 4.69) is 30.3 Å². The molecule has 1 saturated heterocycles. The Bertz CT molecular complexity index is 1450. The molecular formula is C24H25N7O3S. The largest absolute Gasteiger partial charge is 0.378 e. The molecule has 0 spiro atoms. The van der Waals surface area contributed by atoms with E-state index in [0.29, 0.717) is 36.2 Å². The van der Waals surface area contributed by atoms with E-state index < -0.39 is 9.84 Å². The summed E-state index contributed by atoms with van der Waals surface area (Å²) in [5, 5.41) is 7.50. The summed E-state index contributed by atoms with van der Waals surface area (Å²) in [4.78, 5) is 15.5. The van der Waals surface area contributed by atoms with Crippen molar-refractivity contribution in [1.82, 2.24) is 24.7 Å². The molecule has 2 aromatic carbocycles. The Balaban J connectivity index is 1.44. The topological polar surface area (TPSA) is 115 Å². The molecule has 180 valence electrons. The van der Waals surface area contributed by atoms with Crippen molar-refractivity contribution in [3.63, 3.8) is 0 Å². The summed E-state index contributed by atoms with van der Waals surface area (Å²) in [6, 6.07) is 14.7. The molecule has 5 rings (SSSR count). The van der Waals surface area contributed by atoms with Crippen molar-refractivity contribution < 1.29 is 13.2 Å². The molecule has 0 unspecified atom stereocenters. The smallest absolute Gasteiger partial charge is 0.227 e. The van der Waals surface area contributed by atoms with E-state index in [1.807, 2.05) is 43.3 Å². The molecule has 4 aromatic rings. The summed E-state index contributed by atoms with van der Waals surface area (Å²) in [5.74, 6) is 1.06. The highest BCUT2D eigenvalue weighted by Crippen LogP contribution is 2.31. The van der Waals surface area contributed by atoms with E-state index >= 15 is 0 Å². The molecule has 0 bridgehead atoms. The van der Waals surface area contributed by atoms with Crippen LogP contribution < -0.4 is 10.2 Å². The molecule has 1 N–H and O–H groups in total. The van der Waals surface area contributed by atoms with Crippen molar-refractivity contribution in [2.45, 2.75) is 11.8 Å². The van der Waals surface area contributed by atoms with Gasteiger partial charge in [0, 0.05) is 42.5 Å². The van der Waals surface area contributed by atoms with Gasteiger partial charge < -0.3 is 15.0 Å². The molecule has 2 aromatic heterocycles. The zero-order valence-corrected chi connectivity index (χ0v) is 20.2. The number of hydrogen-bond acceptors (Lipinski definition) is 9. The normalized spacial score (nSPS) is 14.2. The highest BCUT2D eigenvalue weighted by atomic mass is 32.2. The van der Waals surface area contributed by atoms with E-state index in [4.69, 9.17) is 4.74 Å². The van der Waals surface area contributed by atoms with Gasteiger partial charge in [0.25, 0.3) is 0 Å². The van der Waals surface area contributed by atoms with Gasteiger partial charge in [-0.3, -0.25) is 0 Å². The maximum absolute atomic E-state index is 12.5. The Hall–Kier alpha value is -3.83. The maximum atomic E-state index is 12.5. The fourth-order valence-corrected chi connectivity index (χ4v) is 4.80. The van der Waals surface area contributed by atoms with Crippen LogP contribution >= 0.6 is 0 Å². The second-order valence-electron chi connectivity index (χ2n) is 8.23. The number of rotatable bonds is 6. The lowest BCUT2D eigenvalue weighted by molar-refractivity contribution is 0.122. The number of anilines is 3. The van der Waals surface area contributed by atoms with E-state index in [1.165, 1.54) is 6.26 Å². The van der Waals surface area contributed by atoms with Crippen LogP contribution in [0.15, 0.2) is 66.0 Å². The lowest BCUT2D eigenvalue weighted by atomic mass is 10.1. The molecule has 1 fully saturated rings. The minimum Gasteiger partial charge on any atom is -0.378 e. The quantitative estimate of drug-likeness (QED) is 0.434. The van der Waals surface area contributed by atoms with Crippen LogP contribution in [0.25, 0.3) is 16.9 Å². The van der Waals surface area contributed by atoms with Crippen LogP contribution in [0.2, 0.25) is 0 Å². The highest BCUT2D eigenvalue weighted by Gasteiger charge is 2.20. The van der Waals surface area contributed by atoms with Crippen molar-refractivity contribution in [1.29, 1.82) is 0 Å². The Labute approximate surface area is 203 Å². The van der Waals surface area contributed by atoms with Crippen molar-refractivity contribution in [2.75, 3.05) is 42.8 Å². The number of morpholine rings is 1. The monoisotopic (exact) mass is 491 g/mol. The van der Waals surface area contributed by atoms with Gasteiger partial charge in [0.05, 0.1) is 29.5 Å². The van der Waals surface area contributed by atoms with Gasteiger partial charge in [-0.1, -0.05) is 0 Å². The predicted octanol–water partition coefficient (Wildman–Crippen LogP) is 3.02. The molecule has 35 heavy (non-hydrogen) atoms. The van der Waals surface area contributed by atoms with Crippen molar-refractivity contribution in [3.8, 4) is 16.9 Å². The van der Waals surface area contributed by atoms with Crippen LogP contribution in [0, 0.1) is 6.92 Å². The van der Waals surface area contributed by atoms with Gasteiger partial charge in [-0.05, 0) is 55.5 Å². The molecule has 11 heteroatoms. The molecule has 1 aliphatic rings. The average molecular weight is 492 g/mol. The number of nitrogens with zero attached hydrogens (tertiary/aromatic N) is 6. The first-order valence-electron chi connectivity index (χ1n) is 11.1. The van der Waals surface area contributed by atoms with Gasteiger partial charge in [0.2, 0.25) is 5.95 Å². The zero-order valence-electron chi connectivity index (χ0n) is 19.4. The van der Waals surface area contributed by atoms with Crippen LogP contribution in [0.3, 0.4) is 0 Å². The summed E-state index contributed by atoms with van der Waals surface area (Å²) in [7, 11) is -3.47. The number of hydrogen-bond donors (Lipinski definition) is 1. The first-order chi connectivity index (χ1) is 16.9. The standard InChI is InChI=1S/C24H25N7O3S/c1-17-26-16-31(29-17)19-5-3-18(4-6-19)27-24-25-10-9-22(28-24)21-15-20(30-11-13-34-14-12-30)7-8-23(21)35(2,32)33/h3-10,15-16H,11-14H2,1-2H3,(H,25,27,28). The van der Waals surface area contributed by atoms with E-state index in [-0.39, 0.29) is 4.90 Å². The van der Waals surface area contributed by atoms with Gasteiger partial charge in [0.1, 0.15) is 12.2 Å². The number of aryl methyl sites for hydroxylation is 1. The molecular weight excluding hydrogens is 466 g/mol. The van der Waals surface area contributed by atoms with Crippen LogP contribution in [0.4, 0.5) is 17.3 Å².